The number of aryl methyl sites for hydroxylation is 2. The zero-order valence-electron chi connectivity index (χ0n) is 33.0. The third kappa shape index (κ3) is 9.81. The third-order valence-electron chi connectivity index (χ3n) is 11.1. The molecule has 1 saturated carbocycles. The predicted molar refractivity (Wildman–Crippen MR) is 220 cm³/mol. The van der Waals surface area contributed by atoms with E-state index in [1.807, 2.05) is 6.07 Å². The zero-order chi connectivity index (χ0) is 38.0. The van der Waals surface area contributed by atoms with E-state index in [0.29, 0.717) is 12.2 Å². The van der Waals surface area contributed by atoms with E-state index in [9.17, 15) is 8.78 Å². The van der Waals surface area contributed by atoms with Gasteiger partial charge in [-0.25, -0.2) is 8.78 Å². The summed E-state index contributed by atoms with van der Waals surface area (Å²) in [5.41, 5.74) is 11.6. The van der Waals surface area contributed by atoms with Gasteiger partial charge in [-0.2, -0.15) is 0 Å². The van der Waals surface area contributed by atoms with E-state index in [1.165, 1.54) is 59.2 Å². The maximum atomic E-state index is 14.5. The Balaban J connectivity index is 1.09. The summed E-state index contributed by atoms with van der Waals surface area (Å²) < 4.78 is 39.7. The molecule has 0 aromatic heterocycles. The van der Waals surface area contributed by atoms with Crippen molar-refractivity contribution < 1.29 is 18.3 Å². The average molecular weight is 733 g/mol. The molecule has 0 N–H and O–H groups in total. The quantitative estimate of drug-likeness (QED) is 0.101. The molecular weight excluding hydrogens is 675 g/mol. The average Bonchev–Trinajstić information content (AvgIpc) is 4.03. The number of methoxy groups -OCH3 is 2. The Morgan fingerprint density at radius 1 is 0.778 bits per heavy atom. The highest BCUT2D eigenvalue weighted by Crippen LogP contribution is 2.44. The Bertz CT molecular complexity index is 1920. The molecule has 0 amide bonds. The van der Waals surface area contributed by atoms with E-state index in [2.05, 4.69) is 97.3 Å². The molecule has 0 radical (unpaired) electrons. The molecule has 54 heavy (non-hydrogen) atoms. The Labute approximate surface area is 322 Å². The fourth-order valence-corrected chi connectivity index (χ4v) is 8.20. The van der Waals surface area contributed by atoms with E-state index in [-0.39, 0.29) is 6.04 Å². The summed E-state index contributed by atoms with van der Waals surface area (Å²) in [7, 11) is 3.36. The molecule has 6 rings (SSSR count). The Morgan fingerprint density at radius 2 is 1.56 bits per heavy atom. The van der Waals surface area contributed by atoms with E-state index in [0.717, 1.165) is 81.1 Å². The van der Waals surface area contributed by atoms with Crippen molar-refractivity contribution in [2.24, 2.45) is 0 Å². The number of allylic oxidation sites excluding steroid dienone is 3. The molecule has 0 spiro atoms. The molecule has 4 aromatic carbocycles. The van der Waals surface area contributed by atoms with Crippen molar-refractivity contribution in [3.8, 4) is 22.6 Å². The van der Waals surface area contributed by atoms with Crippen LogP contribution in [0.2, 0.25) is 0 Å². The summed E-state index contributed by atoms with van der Waals surface area (Å²) in [6.07, 6.45) is 18.0. The number of nitrogens with zero attached hydrogens (tertiary/aromatic N) is 2. The monoisotopic (exact) mass is 732 g/mol. The van der Waals surface area contributed by atoms with Gasteiger partial charge in [-0.3, -0.25) is 4.90 Å². The van der Waals surface area contributed by atoms with Crippen LogP contribution in [0.5, 0.6) is 11.5 Å². The Hall–Kier alpha value is -4.42. The number of rotatable bonds is 17. The first-order valence-corrected chi connectivity index (χ1v) is 20.0. The number of likely N-dealkylation sites (tertiary alicyclic amines) is 1. The molecule has 0 atom stereocenters. The Morgan fingerprint density at radius 3 is 2.26 bits per heavy atom. The van der Waals surface area contributed by atoms with Gasteiger partial charge in [0.05, 0.1) is 14.2 Å². The van der Waals surface area contributed by atoms with Crippen LogP contribution in [0.1, 0.15) is 91.7 Å². The minimum atomic E-state index is -0.817. The fraction of sp³-hybridized carbons (Fsp3) is 0.417. The van der Waals surface area contributed by atoms with E-state index < -0.39 is 11.6 Å². The number of piperidine rings is 1. The molecule has 4 nitrogen and oxygen atoms in total. The van der Waals surface area contributed by atoms with Crippen molar-refractivity contribution in [2.75, 3.05) is 38.8 Å². The van der Waals surface area contributed by atoms with Crippen LogP contribution >= 0.6 is 0 Å². The molecule has 1 aliphatic heterocycles. The lowest BCUT2D eigenvalue weighted by Gasteiger charge is -2.39. The van der Waals surface area contributed by atoms with Gasteiger partial charge in [0.1, 0.15) is 0 Å². The van der Waals surface area contributed by atoms with Crippen LogP contribution in [0.3, 0.4) is 0 Å². The van der Waals surface area contributed by atoms with Gasteiger partial charge in [-0.15, -0.1) is 0 Å². The number of hydrogen-bond donors (Lipinski definition) is 0. The molecule has 1 saturated heterocycles. The molecule has 1 heterocycles. The summed E-state index contributed by atoms with van der Waals surface area (Å²) >= 11 is 0. The van der Waals surface area contributed by atoms with Crippen LogP contribution < -0.4 is 14.4 Å². The predicted octanol–water partition coefficient (Wildman–Crippen LogP) is 11.6. The smallest absolute Gasteiger partial charge is 0.163 e. The van der Waals surface area contributed by atoms with Gasteiger partial charge < -0.3 is 14.4 Å². The van der Waals surface area contributed by atoms with Crippen LogP contribution in [0.25, 0.3) is 11.1 Å². The normalized spacial score (nSPS) is 15.4. The second-order valence-electron chi connectivity index (χ2n) is 15.1. The minimum absolute atomic E-state index is 0.222. The molecule has 286 valence electrons. The first-order valence-electron chi connectivity index (χ1n) is 20.0. The van der Waals surface area contributed by atoms with Gasteiger partial charge >= 0.3 is 0 Å². The maximum Gasteiger partial charge on any atom is 0.163 e. The van der Waals surface area contributed by atoms with E-state index in [1.54, 1.807) is 31.4 Å². The second kappa shape index (κ2) is 18.8. The lowest BCUT2D eigenvalue weighted by atomic mass is 9.90. The van der Waals surface area contributed by atoms with Crippen molar-refractivity contribution in [1.82, 2.24) is 4.90 Å². The second-order valence-corrected chi connectivity index (χ2v) is 15.1. The largest absolute Gasteiger partial charge is 0.493 e. The summed E-state index contributed by atoms with van der Waals surface area (Å²) in [5.74, 6) is 0.680. The standard InChI is InChI=1S/C48H58F2N2O2/c1-6-13-39-28-35(30-47(53-4)48(39)54-5)15-10-8-9-11-24-52(42-20-21-45(49)46(50)32-42)41-22-25-51(26-23-41)33-36-16-12-17-38(29-36)40-27-34(3)43(14-7-2)44(31-40)37-18-19-37/h8-12,16-17,20-21,27-32,37,41H,6-7,13-15,18-19,22-26,33H2,1-5H3/b10-8-,11-9+. The third-order valence-corrected chi connectivity index (χ3v) is 11.1. The molecule has 2 fully saturated rings. The van der Waals surface area contributed by atoms with Gasteiger partial charge in [0.2, 0.25) is 0 Å². The van der Waals surface area contributed by atoms with Crippen molar-refractivity contribution in [3.05, 3.63) is 136 Å². The summed E-state index contributed by atoms with van der Waals surface area (Å²) in [6, 6.07) is 22.7. The van der Waals surface area contributed by atoms with Gasteiger partial charge in [-0.1, -0.05) is 87.4 Å². The first-order chi connectivity index (χ1) is 26.3. The molecule has 2 aliphatic rings. The van der Waals surface area contributed by atoms with E-state index >= 15 is 0 Å². The van der Waals surface area contributed by atoms with Crippen molar-refractivity contribution in [2.45, 2.75) is 97.1 Å². The van der Waals surface area contributed by atoms with Gasteiger partial charge in [0.15, 0.2) is 23.1 Å². The van der Waals surface area contributed by atoms with Gasteiger partial charge in [0.25, 0.3) is 0 Å². The maximum absolute atomic E-state index is 14.5. The lowest BCUT2D eigenvalue weighted by molar-refractivity contribution is 0.202. The fourth-order valence-electron chi connectivity index (χ4n) is 8.20. The number of hydrogen-bond acceptors (Lipinski definition) is 4. The summed E-state index contributed by atoms with van der Waals surface area (Å²) in [6.45, 7) is 10.1. The molecular formula is C48H58F2N2O2. The van der Waals surface area contributed by atoms with Crippen molar-refractivity contribution in [1.29, 1.82) is 0 Å². The first kappa shape index (κ1) is 39.3. The van der Waals surface area contributed by atoms with E-state index in [4.69, 9.17) is 9.47 Å². The lowest BCUT2D eigenvalue weighted by Crippen LogP contribution is -2.45. The minimum Gasteiger partial charge on any atom is -0.493 e. The topological polar surface area (TPSA) is 24.9 Å². The number of halogens is 2. The number of benzene rings is 4. The highest BCUT2D eigenvalue weighted by Gasteiger charge is 2.28. The van der Waals surface area contributed by atoms with Crippen LogP contribution in [0.4, 0.5) is 14.5 Å². The number of ether oxygens (including phenoxy) is 2. The van der Waals surface area contributed by atoms with Gasteiger partial charge in [-0.05, 0) is 127 Å². The molecule has 6 heteroatoms. The summed E-state index contributed by atoms with van der Waals surface area (Å²) in [4.78, 5) is 4.76. The molecule has 0 unspecified atom stereocenters. The van der Waals surface area contributed by atoms with Crippen molar-refractivity contribution in [3.63, 3.8) is 0 Å². The van der Waals surface area contributed by atoms with Crippen LogP contribution in [-0.4, -0.2) is 44.8 Å². The van der Waals surface area contributed by atoms with Gasteiger partial charge in [0, 0.05) is 44.0 Å². The van der Waals surface area contributed by atoms with Crippen LogP contribution in [-0.2, 0) is 25.8 Å². The van der Waals surface area contributed by atoms with Crippen LogP contribution in [0.15, 0.2) is 91.0 Å². The highest BCUT2D eigenvalue weighted by atomic mass is 19.2. The molecule has 0 bridgehead atoms. The Kier molecular flexibility index (Phi) is 13.6. The SMILES string of the molecule is CCCc1cc(C/C=C\C=C\CN(c2ccc(F)c(F)c2)C2CCN(Cc3cccc(-c4cc(C)c(CCC)c(C5CC5)c4)c3)CC2)cc(OC)c1OC. The molecule has 1 aliphatic carbocycles. The van der Waals surface area contributed by atoms with Crippen molar-refractivity contribution >= 4 is 5.69 Å². The summed E-state index contributed by atoms with van der Waals surface area (Å²) in [5, 5.41) is 0. The van der Waals surface area contributed by atoms with Crippen LogP contribution in [0, 0.1) is 18.6 Å². The molecule has 4 aromatic rings. The zero-order valence-corrected chi connectivity index (χ0v) is 33.0. The number of anilines is 1. The highest BCUT2D eigenvalue weighted by molar-refractivity contribution is 5.68.